The predicted molar refractivity (Wildman–Crippen MR) is 88.2 cm³/mol. The summed E-state index contributed by atoms with van der Waals surface area (Å²) in [5.74, 6) is 1.17. The van der Waals surface area contributed by atoms with Crippen molar-refractivity contribution >= 4 is 5.91 Å². The number of hydrogen-bond acceptors (Lipinski definition) is 3. The highest BCUT2D eigenvalue weighted by Gasteiger charge is 2.25. The van der Waals surface area contributed by atoms with Crippen LogP contribution in [-0.4, -0.2) is 26.1 Å². The number of carbonyl (C=O) groups excluding carboxylic acids is 1. The fraction of sp³-hybridized carbons (Fsp3) is 0.588. The van der Waals surface area contributed by atoms with E-state index in [9.17, 15) is 4.79 Å². The minimum Gasteiger partial charge on any atom is -0.344 e. The van der Waals surface area contributed by atoms with E-state index >= 15 is 0 Å². The molecule has 3 rings (SSSR count). The molecule has 124 valence electrons. The van der Waals surface area contributed by atoms with E-state index in [2.05, 4.69) is 25.5 Å². The zero-order chi connectivity index (χ0) is 16.2. The summed E-state index contributed by atoms with van der Waals surface area (Å²) in [6, 6.07) is -0.106. The van der Waals surface area contributed by atoms with Crippen molar-refractivity contribution in [1.82, 2.24) is 25.5 Å². The van der Waals surface area contributed by atoms with Crippen LogP contribution < -0.4 is 5.32 Å². The van der Waals surface area contributed by atoms with Gasteiger partial charge in [-0.25, -0.2) is 4.98 Å². The summed E-state index contributed by atoms with van der Waals surface area (Å²) in [6.45, 7) is 4.00. The number of nitrogens with zero attached hydrogens (tertiary/aromatic N) is 2. The van der Waals surface area contributed by atoms with Crippen molar-refractivity contribution in [2.75, 3.05) is 0 Å². The lowest BCUT2D eigenvalue weighted by atomic mass is 9.85. The molecule has 6 heteroatoms. The van der Waals surface area contributed by atoms with Gasteiger partial charge < -0.3 is 10.3 Å². The van der Waals surface area contributed by atoms with Crippen molar-refractivity contribution < 1.29 is 4.79 Å². The van der Waals surface area contributed by atoms with Crippen LogP contribution in [0.25, 0.3) is 0 Å². The number of hydrogen-bond donors (Lipinski definition) is 3. The lowest BCUT2D eigenvalue weighted by molar-refractivity contribution is 0.0932. The molecule has 0 radical (unpaired) electrons. The van der Waals surface area contributed by atoms with Gasteiger partial charge >= 0.3 is 0 Å². The van der Waals surface area contributed by atoms with Gasteiger partial charge in [-0.1, -0.05) is 26.2 Å². The van der Waals surface area contributed by atoms with E-state index in [0.717, 1.165) is 36.5 Å². The molecule has 1 aliphatic rings. The number of H-pyrrole nitrogens is 2. The minimum absolute atomic E-state index is 0.0692. The molecule has 0 unspecified atom stereocenters. The Bertz CT molecular complexity index is 653. The van der Waals surface area contributed by atoms with Gasteiger partial charge in [0.25, 0.3) is 5.91 Å². The minimum atomic E-state index is -0.106. The van der Waals surface area contributed by atoms with Crippen molar-refractivity contribution in [2.24, 2.45) is 0 Å². The number of aryl methyl sites for hydroxylation is 1. The second-order valence-corrected chi connectivity index (χ2v) is 6.42. The van der Waals surface area contributed by atoms with Crippen LogP contribution in [0.3, 0.4) is 0 Å². The predicted octanol–water partition coefficient (Wildman–Crippen LogP) is 3.37. The zero-order valence-electron chi connectivity index (χ0n) is 13.9. The molecular weight excluding hydrogens is 290 g/mol. The highest BCUT2D eigenvalue weighted by molar-refractivity contribution is 5.95. The monoisotopic (exact) mass is 315 g/mol. The van der Waals surface area contributed by atoms with Gasteiger partial charge in [-0.3, -0.25) is 9.89 Å². The topological polar surface area (TPSA) is 86.5 Å². The molecule has 1 amide bonds. The molecule has 23 heavy (non-hydrogen) atoms. The molecule has 0 bridgehead atoms. The van der Waals surface area contributed by atoms with Gasteiger partial charge in [-0.05, 0) is 26.2 Å². The van der Waals surface area contributed by atoms with Gasteiger partial charge in [0, 0.05) is 17.8 Å². The number of imidazole rings is 1. The van der Waals surface area contributed by atoms with Gasteiger partial charge in [0.2, 0.25) is 0 Å². The van der Waals surface area contributed by atoms with Gasteiger partial charge in [0.1, 0.15) is 5.82 Å². The SMILES string of the molecule is CC[C@@H](NC(=O)c1cn[nH]c1C1CCCCC1)c1ncc(C)[nH]1. The molecule has 0 aromatic carbocycles. The summed E-state index contributed by atoms with van der Waals surface area (Å²) in [5, 5.41) is 10.3. The Balaban J connectivity index is 1.74. The smallest absolute Gasteiger partial charge is 0.255 e. The molecule has 0 saturated heterocycles. The summed E-state index contributed by atoms with van der Waals surface area (Å²) in [4.78, 5) is 20.3. The molecule has 1 saturated carbocycles. The van der Waals surface area contributed by atoms with Crippen molar-refractivity contribution in [3.8, 4) is 0 Å². The summed E-state index contributed by atoms with van der Waals surface area (Å²) >= 11 is 0. The lowest BCUT2D eigenvalue weighted by Crippen LogP contribution is -2.29. The first kappa shape index (κ1) is 15.8. The number of aromatic nitrogens is 4. The summed E-state index contributed by atoms with van der Waals surface area (Å²) in [6.07, 6.45) is 10.3. The van der Waals surface area contributed by atoms with Crippen LogP contribution in [0, 0.1) is 6.92 Å². The highest BCUT2D eigenvalue weighted by atomic mass is 16.1. The number of rotatable bonds is 5. The van der Waals surface area contributed by atoms with E-state index in [1.54, 1.807) is 12.4 Å². The van der Waals surface area contributed by atoms with Gasteiger partial charge in [0.15, 0.2) is 0 Å². The lowest BCUT2D eigenvalue weighted by Gasteiger charge is -2.22. The third-order valence-electron chi connectivity index (χ3n) is 4.69. The van der Waals surface area contributed by atoms with Gasteiger partial charge in [-0.2, -0.15) is 5.10 Å². The Morgan fingerprint density at radius 3 is 2.78 bits per heavy atom. The molecule has 1 aliphatic carbocycles. The maximum absolute atomic E-state index is 12.7. The number of nitrogens with one attached hydrogen (secondary N) is 3. The van der Waals surface area contributed by atoms with E-state index in [4.69, 9.17) is 0 Å². The van der Waals surface area contributed by atoms with Crippen molar-refractivity contribution in [3.63, 3.8) is 0 Å². The fourth-order valence-electron chi connectivity index (χ4n) is 3.39. The van der Waals surface area contributed by atoms with Crippen molar-refractivity contribution in [3.05, 3.63) is 35.2 Å². The molecule has 1 fully saturated rings. The number of amides is 1. The molecular formula is C17H25N5O. The van der Waals surface area contributed by atoms with Gasteiger partial charge in [0.05, 0.1) is 23.5 Å². The molecule has 2 aromatic rings. The Hall–Kier alpha value is -2.11. The Morgan fingerprint density at radius 1 is 1.35 bits per heavy atom. The molecule has 0 spiro atoms. The maximum atomic E-state index is 12.7. The first-order valence-electron chi connectivity index (χ1n) is 8.54. The average molecular weight is 315 g/mol. The van der Waals surface area contributed by atoms with Crippen molar-refractivity contribution in [2.45, 2.75) is 64.3 Å². The molecule has 6 nitrogen and oxygen atoms in total. The van der Waals surface area contributed by atoms with E-state index < -0.39 is 0 Å². The molecule has 1 atom stereocenters. The summed E-state index contributed by atoms with van der Waals surface area (Å²) < 4.78 is 0. The second-order valence-electron chi connectivity index (χ2n) is 6.42. The average Bonchev–Trinajstić information content (AvgIpc) is 3.22. The van der Waals surface area contributed by atoms with Crippen LogP contribution in [0.1, 0.15) is 85.0 Å². The highest BCUT2D eigenvalue weighted by Crippen LogP contribution is 2.33. The Kier molecular flexibility index (Phi) is 4.79. The van der Waals surface area contributed by atoms with E-state index in [1.165, 1.54) is 19.3 Å². The first-order chi connectivity index (χ1) is 11.2. The summed E-state index contributed by atoms with van der Waals surface area (Å²) in [7, 11) is 0. The maximum Gasteiger partial charge on any atom is 0.255 e. The van der Waals surface area contributed by atoms with Crippen molar-refractivity contribution in [1.29, 1.82) is 0 Å². The molecule has 2 heterocycles. The summed E-state index contributed by atoms with van der Waals surface area (Å²) in [5.41, 5.74) is 2.67. The number of aromatic amines is 2. The van der Waals surface area contributed by atoms with E-state index in [0.29, 0.717) is 11.5 Å². The van der Waals surface area contributed by atoms with E-state index in [1.807, 2.05) is 13.8 Å². The van der Waals surface area contributed by atoms with Crippen LogP contribution in [0.2, 0.25) is 0 Å². The quantitative estimate of drug-likeness (QED) is 0.790. The standard InChI is InChI=1S/C17H25N5O/c1-3-14(16-18-9-11(2)20-16)21-17(23)13-10-19-22-15(13)12-7-5-4-6-8-12/h9-10,12,14H,3-8H2,1-2H3,(H,18,20)(H,19,22)(H,21,23)/t14-/m1/s1. The van der Waals surface area contributed by atoms with Crippen LogP contribution in [0.5, 0.6) is 0 Å². The van der Waals surface area contributed by atoms with Gasteiger partial charge in [-0.15, -0.1) is 0 Å². The fourth-order valence-corrected chi connectivity index (χ4v) is 3.39. The Morgan fingerprint density at radius 2 is 2.13 bits per heavy atom. The first-order valence-corrected chi connectivity index (χ1v) is 8.54. The number of carbonyl (C=O) groups is 1. The molecule has 2 aromatic heterocycles. The van der Waals surface area contributed by atoms with Crippen LogP contribution in [-0.2, 0) is 0 Å². The molecule has 3 N–H and O–H groups in total. The van der Waals surface area contributed by atoms with E-state index in [-0.39, 0.29) is 11.9 Å². The van der Waals surface area contributed by atoms with Crippen LogP contribution in [0.4, 0.5) is 0 Å². The third kappa shape index (κ3) is 3.46. The Labute approximate surface area is 136 Å². The largest absolute Gasteiger partial charge is 0.344 e. The third-order valence-corrected chi connectivity index (χ3v) is 4.69. The zero-order valence-corrected chi connectivity index (χ0v) is 13.9. The normalized spacial score (nSPS) is 17.1. The molecule has 0 aliphatic heterocycles. The second kappa shape index (κ2) is 6.98. The van der Waals surface area contributed by atoms with Crippen LogP contribution in [0.15, 0.2) is 12.4 Å². The van der Waals surface area contributed by atoms with Crippen LogP contribution >= 0.6 is 0 Å².